The van der Waals surface area contributed by atoms with E-state index < -0.39 is 0 Å². The Morgan fingerprint density at radius 3 is 2.58 bits per heavy atom. The van der Waals surface area contributed by atoms with Crippen molar-refractivity contribution in [2.75, 3.05) is 39.7 Å². The quantitative estimate of drug-likeness (QED) is 0.423. The van der Waals surface area contributed by atoms with Gasteiger partial charge >= 0.3 is 0 Å². The molecule has 4 rings (SSSR count). The fraction of sp³-hybridized carbons (Fsp3) is 0.556. The van der Waals surface area contributed by atoms with Gasteiger partial charge in [0.2, 0.25) is 5.88 Å². The third kappa shape index (κ3) is 5.68. The summed E-state index contributed by atoms with van der Waals surface area (Å²) in [5, 5.41) is 3.46. The highest BCUT2D eigenvalue weighted by Crippen LogP contribution is 2.33. The molecule has 36 heavy (non-hydrogen) atoms. The SMILES string of the molecule is CCCOCCn1c(=O)c(NC2CCC(C)(N(C)C)CC2)nc2cnc(-c3ccc(OC)nc3)cc21. The zero-order valence-electron chi connectivity index (χ0n) is 22.1. The number of hydrogen-bond acceptors (Lipinski definition) is 8. The molecule has 1 saturated carbocycles. The molecule has 194 valence electrons. The first kappa shape index (κ1) is 26.0. The molecule has 0 spiro atoms. The number of nitrogens with zero attached hydrogens (tertiary/aromatic N) is 5. The summed E-state index contributed by atoms with van der Waals surface area (Å²) in [6.07, 6.45) is 8.52. The summed E-state index contributed by atoms with van der Waals surface area (Å²) < 4.78 is 12.6. The number of aromatic nitrogens is 4. The number of methoxy groups -OCH3 is 1. The van der Waals surface area contributed by atoms with Gasteiger partial charge in [0.1, 0.15) is 5.52 Å². The maximum Gasteiger partial charge on any atom is 0.293 e. The smallest absolute Gasteiger partial charge is 0.293 e. The van der Waals surface area contributed by atoms with E-state index in [2.05, 4.69) is 48.1 Å². The summed E-state index contributed by atoms with van der Waals surface area (Å²) in [4.78, 5) is 29.5. The van der Waals surface area contributed by atoms with Crippen molar-refractivity contribution in [1.82, 2.24) is 24.4 Å². The Bertz CT molecular complexity index is 1220. The van der Waals surface area contributed by atoms with Crippen LogP contribution in [0.3, 0.4) is 0 Å². The number of fused-ring (bicyclic) bond motifs is 1. The average molecular weight is 495 g/mol. The first-order valence-electron chi connectivity index (χ1n) is 12.8. The summed E-state index contributed by atoms with van der Waals surface area (Å²) in [6, 6.07) is 5.82. The van der Waals surface area contributed by atoms with Crippen molar-refractivity contribution in [3.05, 3.63) is 40.9 Å². The van der Waals surface area contributed by atoms with Crippen LogP contribution in [-0.4, -0.2) is 70.4 Å². The monoisotopic (exact) mass is 494 g/mol. The Kier molecular flexibility index (Phi) is 8.21. The fourth-order valence-electron chi connectivity index (χ4n) is 4.70. The Labute approximate surface area is 212 Å². The number of nitrogens with one attached hydrogen (secondary N) is 1. The van der Waals surface area contributed by atoms with Gasteiger partial charge in [-0.3, -0.25) is 9.78 Å². The van der Waals surface area contributed by atoms with Gasteiger partial charge < -0.3 is 24.3 Å². The van der Waals surface area contributed by atoms with Crippen LogP contribution in [-0.2, 0) is 11.3 Å². The molecule has 0 unspecified atom stereocenters. The molecule has 0 amide bonds. The lowest BCUT2D eigenvalue weighted by molar-refractivity contribution is 0.116. The molecule has 9 heteroatoms. The van der Waals surface area contributed by atoms with Crippen molar-refractivity contribution in [3.8, 4) is 17.1 Å². The van der Waals surface area contributed by atoms with E-state index in [9.17, 15) is 4.79 Å². The summed E-state index contributed by atoms with van der Waals surface area (Å²) in [5.74, 6) is 0.924. The van der Waals surface area contributed by atoms with Gasteiger partial charge in [0.25, 0.3) is 5.56 Å². The molecule has 0 bridgehead atoms. The molecule has 1 N–H and O–H groups in total. The van der Waals surface area contributed by atoms with Crippen molar-refractivity contribution in [2.24, 2.45) is 0 Å². The zero-order chi connectivity index (χ0) is 25.7. The molecule has 1 aliphatic rings. The highest BCUT2D eigenvalue weighted by molar-refractivity contribution is 5.80. The van der Waals surface area contributed by atoms with Gasteiger partial charge in [-0.25, -0.2) is 9.97 Å². The van der Waals surface area contributed by atoms with Crippen LogP contribution in [0.15, 0.2) is 35.4 Å². The lowest BCUT2D eigenvalue weighted by Crippen LogP contribution is -2.46. The predicted octanol–water partition coefficient (Wildman–Crippen LogP) is 3.96. The number of hydrogen-bond donors (Lipinski definition) is 1. The van der Waals surface area contributed by atoms with E-state index in [1.165, 1.54) is 0 Å². The van der Waals surface area contributed by atoms with Gasteiger partial charge in [-0.1, -0.05) is 6.92 Å². The Morgan fingerprint density at radius 1 is 1.17 bits per heavy atom. The van der Waals surface area contributed by atoms with E-state index in [1.807, 2.05) is 12.1 Å². The van der Waals surface area contributed by atoms with Crippen LogP contribution in [0.1, 0.15) is 46.0 Å². The number of anilines is 1. The molecular formula is C27H38N6O3. The first-order chi connectivity index (χ1) is 17.3. The van der Waals surface area contributed by atoms with Crippen LogP contribution < -0.4 is 15.6 Å². The van der Waals surface area contributed by atoms with Crippen LogP contribution in [0.25, 0.3) is 22.3 Å². The molecule has 1 fully saturated rings. The van der Waals surface area contributed by atoms with Gasteiger partial charge in [0, 0.05) is 42.6 Å². The lowest BCUT2D eigenvalue weighted by atomic mass is 9.80. The minimum absolute atomic E-state index is 0.131. The molecule has 3 heterocycles. The van der Waals surface area contributed by atoms with Crippen molar-refractivity contribution in [2.45, 2.75) is 64.1 Å². The topological polar surface area (TPSA) is 94.4 Å². The van der Waals surface area contributed by atoms with E-state index in [1.54, 1.807) is 30.1 Å². The van der Waals surface area contributed by atoms with Crippen molar-refractivity contribution < 1.29 is 9.47 Å². The van der Waals surface area contributed by atoms with Crippen LogP contribution in [0.5, 0.6) is 5.88 Å². The molecule has 0 aliphatic heterocycles. The summed E-state index contributed by atoms with van der Waals surface area (Å²) >= 11 is 0. The lowest BCUT2D eigenvalue weighted by Gasteiger charge is -2.42. The number of rotatable bonds is 10. The highest BCUT2D eigenvalue weighted by Gasteiger charge is 2.33. The van der Waals surface area contributed by atoms with Crippen molar-refractivity contribution in [3.63, 3.8) is 0 Å². The molecule has 1 aliphatic carbocycles. The highest BCUT2D eigenvalue weighted by atomic mass is 16.5. The second kappa shape index (κ2) is 11.3. The molecular weight excluding hydrogens is 456 g/mol. The van der Waals surface area contributed by atoms with Crippen LogP contribution in [0.4, 0.5) is 5.82 Å². The molecule has 0 aromatic carbocycles. The van der Waals surface area contributed by atoms with Gasteiger partial charge in [-0.15, -0.1) is 0 Å². The van der Waals surface area contributed by atoms with E-state index in [4.69, 9.17) is 14.5 Å². The molecule has 3 aromatic heterocycles. The third-order valence-electron chi connectivity index (χ3n) is 7.36. The normalized spacial score (nSPS) is 20.1. The minimum Gasteiger partial charge on any atom is -0.481 e. The van der Waals surface area contributed by atoms with E-state index in [0.29, 0.717) is 37.0 Å². The Hall–Kier alpha value is -3.04. The first-order valence-corrected chi connectivity index (χ1v) is 12.8. The van der Waals surface area contributed by atoms with E-state index >= 15 is 0 Å². The maximum absolute atomic E-state index is 13.6. The Balaban J connectivity index is 1.65. The van der Waals surface area contributed by atoms with Gasteiger partial charge in [-0.05, 0) is 65.3 Å². The number of pyridine rings is 2. The standard InChI is InChI=1S/C27H38N6O3/c1-6-14-36-15-13-33-23-16-21(19-7-8-24(35-5)29-17-19)28-18-22(23)31-25(26(33)34)30-20-9-11-27(2,12-10-20)32(3)4/h7-8,16-18,20H,6,9-15H2,1-5H3,(H,30,31). The maximum atomic E-state index is 13.6. The molecule has 9 nitrogen and oxygen atoms in total. The van der Waals surface area contributed by atoms with Crippen LogP contribution in [0, 0.1) is 0 Å². The number of ether oxygens (including phenoxy) is 2. The van der Waals surface area contributed by atoms with Crippen LogP contribution in [0.2, 0.25) is 0 Å². The van der Waals surface area contributed by atoms with Crippen molar-refractivity contribution in [1.29, 1.82) is 0 Å². The molecule has 0 atom stereocenters. The zero-order valence-corrected chi connectivity index (χ0v) is 22.1. The second-order valence-corrected chi connectivity index (χ2v) is 9.99. The van der Waals surface area contributed by atoms with Gasteiger partial charge in [-0.2, -0.15) is 0 Å². The summed E-state index contributed by atoms with van der Waals surface area (Å²) in [6.45, 7) is 5.95. The molecule has 3 aromatic rings. The van der Waals surface area contributed by atoms with Crippen LogP contribution >= 0.6 is 0 Å². The van der Waals surface area contributed by atoms with Gasteiger partial charge in [0.15, 0.2) is 5.82 Å². The summed E-state index contributed by atoms with van der Waals surface area (Å²) in [7, 11) is 5.86. The third-order valence-corrected chi connectivity index (χ3v) is 7.36. The van der Waals surface area contributed by atoms with Gasteiger partial charge in [0.05, 0.1) is 31.1 Å². The Morgan fingerprint density at radius 2 is 1.94 bits per heavy atom. The van der Waals surface area contributed by atoms with E-state index in [-0.39, 0.29) is 17.1 Å². The summed E-state index contributed by atoms with van der Waals surface area (Å²) in [5.41, 5.74) is 3.03. The molecule has 0 saturated heterocycles. The second-order valence-electron chi connectivity index (χ2n) is 9.99. The predicted molar refractivity (Wildman–Crippen MR) is 143 cm³/mol. The van der Waals surface area contributed by atoms with E-state index in [0.717, 1.165) is 48.9 Å². The largest absolute Gasteiger partial charge is 0.481 e. The average Bonchev–Trinajstić information content (AvgIpc) is 2.89. The fourth-order valence-corrected chi connectivity index (χ4v) is 4.70. The molecule has 0 radical (unpaired) electrons. The minimum atomic E-state index is -0.131. The van der Waals surface area contributed by atoms with Crippen molar-refractivity contribution >= 4 is 16.9 Å².